The Kier molecular flexibility index (Phi) is 6.55. The summed E-state index contributed by atoms with van der Waals surface area (Å²) in [6, 6.07) is 12.0. The van der Waals surface area contributed by atoms with E-state index in [1.807, 2.05) is 0 Å². The largest absolute Gasteiger partial charge is 0.416 e. The van der Waals surface area contributed by atoms with Gasteiger partial charge in [0.15, 0.2) is 0 Å². The number of benzene rings is 2. The molecule has 8 heteroatoms. The standard InChI is InChI=1S/C19H15F4N3O/c20-17-7-2-1-4-13(17)8-9-25-12-14(11-24)18(27)26-16-6-3-5-15(10-16)19(21,22)23/h1-7,10,12,25H,8-9H2,(H,26,27)/b14-12-. The lowest BCUT2D eigenvalue weighted by molar-refractivity contribution is -0.137. The molecule has 0 fully saturated rings. The van der Waals surface area contributed by atoms with Crippen molar-refractivity contribution in [1.29, 1.82) is 5.26 Å². The van der Waals surface area contributed by atoms with E-state index in [1.54, 1.807) is 24.3 Å². The number of nitriles is 1. The van der Waals surface area contributed by atoms with Crippen LogP contribution in [0.15, 0.2) is 60.3 Å². The molecule has 0 saturated heterocycles. The van der Waals surface area contributed by atoms with E-state index in [-0.39, 0.29) is 23.6 Å². The number of anilines is 1. The monoisotopic (exact) mass is 377 g/mol. The number of hydrogen-bond acceptors (Lipinski definition) is 3. The van der Waals surface area contributed by atoms with Crippen LogP contribution in [0.5, 0.6) is 0 Å². The van der Waals surface area contributed by atoms with Gasteiger partial charge in [-0.1, -0.05) is 24.3 Å². The normalized spacial score (nSPS) is 11.6. The third kappa shape index (κ3) is 5.85. The van der Waals surface area contributed by atoms with Crippen molar-refractivity contribution in [3.8, 4) is 6.07 Å². The molecule has 2 N–H and O–H groups in total. The van der Waals surface area contributed by atoms with Gasteiger partial charge in [-0.25, -0.2) is 4.39 Å². The van der Waals surface area contributed by atoms with Crippen LogP contribution in [0.25, 0.3) is 0 Å². The van der Waals surface area contributed by atoms with Gasteiger partial charge in [0.1, 0.15) is 17.5 Å². The molecule has 0 aliphatic heterocycles. The van der Waals surface area contributed by atoms with Gasteiger partial charge in [-0.05, 0) is 36.2 Å². The first-order valence-electron chi connectivity index (χ1n) is 7.87. The molecule has 0 spiro atoms. The Hall–Kier alpha value is -3.34. The lowest BCUT2D eigenvalue weighted by Crippen LogP contribution is -2.18. The van der Waals surface area contributed by atoms with E-state index in [4.69, 9.17) is 5.26 Å². The van der Waals surface area contributed by atoms with Crippen molar-refractivity contribution in [2.45, 2.75) is 12.6 Å². The molecule has 140 valence electrons. The SMILES string of the molecule is N#C/C(=C/NCCc1ccccc1F)C(=O)Nc1cccc(C(F)(F)F)c1. The predicted octanol–water partition coefficient (Wildman–Crippen LogP) is 4.02. The summed E-state index contributed by atoms with van der Waals surface area (Å²) in [5.74, 6) is -1.21. The summed E-state index contributed by atoms with van der Waals surface area (Å²) in [5, 5.41) is 14.0. The highest BCUT2D eigenvalue weighted by Crippen LogP contribution is 2.30. The number of halogens is 4. The van der Waals surface area contributed by atoms with Crippen molar-refractivity contribution in [2.75, 3.05) is 11.9 Å². The van der Waals surface area contributed by atoms with E-state index in [1.165, 1.54) is 12.1 Å². The molecule has 0 unspecified atom stereocenters. The zero-order valence-corrected chi connectivity index (χ0v) is 14.0. The van der Waals surface area contributed by atoms with Crippen molar-refractivity contribution >= 4 is 11.6 Å². The summed E-state index contributed by atoms with van der Waals surface area (Å²) in [6.45, 7) is 0.267. The highest BCUT2D eigenvalue weighted by Gasteiger charge is 2.30. The number of nitrogens with one attached hydrogen (secondary N) is 2. The van der Waals surface area contributed by atoms with Gasteiger partial charge in [0.05, 0.1) is 5.56 Å². The van der Waals surface area contributed by atoms with E-state index < -0.39 is 17.6 Å². The molecule has 0 radical (unpaired) electrons. The van der Waals surface area contributed by atoms with Crippen LogP contribution in [0.4, 0.5) is 23.2 Å². The molecule has 4 nitrogen and oxygen atoms in total. The Morgan fingerprint density at radius 2 is 1.89 bits per heavy atom. The van der Waals surface area contributed by atoms with Gasteiger partial charge in [-0.2, -0.15) is 18.4 Å². The fraction of sp³-hybridized carbons (Fsp3) is 0.158. The van der Waals surface area contributed by atoms with Gasteiger partial charge >= 0.3 is 6.18 Å². The second-order valence-electron chi connectivity index (χ2n) is 5.50. The fourth-order valence-corrected chi connectivity index (χ4v) is 2.20. The maximum atomic E-state index is 13.5. The minimum Gasteiger partial charge on any atom is -0.389 e. The van der Waals surface area contributed by atoms with Gasteiger partial charge < -0.3 is 10.6 Å². The third-order valence-electron chi connectivity index (χ3n) is 3.56. The maximum Gasteiger partial charge on any atom is 0.416 e. The number of nitrogens with zero attached hydrogens (tertiary/aromatic N) is 1. The van der Waals surface area contributed by atoms with Crippen LogP contribution in [-0.2, 0) is 17.4 Å². The van der Waals surface area contributed by atoms with E-state index in [0.29, 0.717) is 12.0 Å². The molecule has 0 heterocycles. The number of carbonyl (C=O) groups excluding carboxylic acids is 1. The van der Waals surface area contributed by atoms with E-state index >= 15 is 0 Å². The molecular formula is C19H15F4N3O. The summed E-state index contributed by atoms with van der Waals surface area (Å²) in [4.78, 5) is 12.0. The fourth-order valence-electron chi connectivity index (χ4n) is 2.20. The average molecular weight is 377 g/mol. The molecule has 2 aromatic rings. The summed E-state index contributed by atoms with van der Waals surface area (Å²) < 4.78 is 51.6. The Morgan fingerprint density at radius 3 is 2.56 bits per heavy atom. The minimum atomic E-state index is -4.54. The van der Waals surface area contributed by atoms with E-state index in [9.17, 15) is 22.4 Å². The van der Waals surface area contributed by atoms with Crippen molar-refractivity contribution in [2.24, 2.45) is 0 Å². The van der Waals surface area contributed by atoms with Crippen LogP contribution in [0, 0.1) is 17.1 Å². The van der Waals surface area contributed by atoms with Crippen molar-refractivity contribution in [3.63, 3.8) is 0 Å². The summed E-state index contributed by atoms with van der Waals surface area (Å²) in [6.07, 6.45) is -3.07. The van der Waals surface area contributed by atoms with Gasteiger partial charge in [0.25, 0.3) is 5.91 Å². The molecule has 27 heavy (non-hydrogen) atoms. The second-order valence-corrected chi connectivity index (χ2v) is 5.50. The molecule has 2 aromatic carbocycles. The Bertz CT molecular complexity index is 885. The van der Waals surface area contributed by atoms with Gasteiger partial charge in [-0.15, -0.1) is 0 Å². The molecule has 0 aromatic heterocycles. The smallest absolute Gasteiger partial charge is 0.389 e. The third-order valence-corrected chi connectivity index (χ3v) is 3.56. The summed E-state index contributed by atoms with van der Waals surface area (Å²) in [5.41, 5.74) is -0.834. The first-order chi connectivity index (χ1) is 12.8. The molecule has 0 bridgehead atoms. The predicted molar refractivity (Wildman–Crippen MR) is 91.9 cm³/mol. The zero-order valence-electron chi connectivity index (χ0n) is 14.0. The summed E-state index contributed by atoms with van der Waals surface area (Å²) in [7, 11) is 0. The molecule has 2 rings (SSSR count). The highest BCUT2D eigenvalue weighted by atomic mass is 19.4. The number of rotatable bonds is 6. The molecule has 0 saturated carbocycles. The highest BCUT2D eigenvalue weighted by molar-refractivity contribution is 6.06. The molecule has 1 amide bonds. The van der Waals surface area contributed by atoms with Crippen LogP contribution >= 0.6 is 0 Å². The second kappa shape index (κ2) is 8.85. The number of alkyl halides is 3. The molecule has 0 atom stereocenters. The zero-order chi connectivity index (χ0) is 19.9. The van der Waals surface area contributed by atoms with Gasteiger partial charge in [0, 0.05) is 18.4 Å². The Balaban J connectivity index is 1.96. The Morgan fingerprint density at radius 1 is 1.15 bits per heavy atom. The number of carbonyl (C=O) groups is 1. The number of hydrogen-bond donors (Lipinski definition) is 2. The molecule has 0 aliphatic rings. The van der Waals surface area contributed by atoms with Gasteiger partial charge in [-0.3, -0.25) is 4.79 Å². The topological polar surface area (TPSA) is 64.9 Å². The molecule has 0 aliphatic carbocycles. The van der Waals surface area contributed by atoms with E-state index in [2.05, 4.69) is 10.6 Å². The summed E-state index contributed by atoms with van der Waals surface area (Å²) >= 11 is 0. The van der Waals surface area contributed by atoms with Crippen molar-refractivity contribution < 1.29 is 22.4 Å². The van der Waals surface area contributed by atoms with Crippen LogP contribution in [-0.4, -0.2) is 12.5 Å². The van der Waals surface area contributed by atoms with Crippen LogP contribution in [0.3, 0.4) is 0 Å². The quantitative estimate of drug-likeness (QED) is 0.346. The average Bonchev–Trinajstić information content (AvgIpc) is 2.62. The van der Waals surface area contributed by atoms with Crippen molar-refractivity contribution in [1.82, 2.24) is 5.32 Å². The van der Waals surface area contributed by atoms with Crippen molar-refractivity contribution in [3.05, 3.63) is 77.2 Å². The van der Waals surface area contributed by atoms with E-state index in [0.717, 1.165) is 24.4 Å². The first-order valence-corrected chi connectivity index (χ1v) is 7.87. The lowest BCUT2D eigenvalue weighted by Gasteiger charge is -2.09. The van der Waals surface area contributed by atoms with Gasteiger partial charge in [0.2, 0.25) is 0 Å². The molecular weight excluding hydrogens is 362 g/mol. The van der Waals surface area contributed by atoms with Crippen LogP contribution in [0.2, 0.25) is 0 Å². The first kappa shape index (κ1) is 20.0. The van der Waals surface area contributed by atoms with Crippen LogP contribution < -0.4 is 10.6 Å². The Labute approximate surface area is 153 Å². The lowest BCUT2D eigenvalue weighted by atomic mass is 10.1. The number of amides is 1. The minimum absolute atomic E-state index is 0.0812. The van der Waals surface area contributed by atoms with Crippen LogP contribution in [0.1, 0.15) is 11.1 Å². The maximum absolute atomic E-state index is 13.5.